The number of benzene rings is 1. The zero-order chi connectivity index (χ0) is 17.1. The highest BCUT2D eigenvalue weighted by molar-refractivity contribution is 7.99. The maximum absolute atomic E-state index is 12.3. The number of hydrogen-bond acceptors (Lipinski definition) is 5. The Hall–Kier alpha value is -1.82. The lowest BCUT2D eigenvalue weighted by Gasteiger charge is -2.30. The molecule has 1 aliphatic heterocycles. The third-order valence-electron chi connectivity index (χ3n) is 4.20. The van der Waals surface area contributed by atoms with Crippen LogP contribution in [0.3, 0.4) is 0 Å². The number of hydrogen-bond donors (Lipinski definition) is 0. The highest BCUT2D eigenvalue weighted by Crippen LogP contribution is 2.25. The molecule has 1 aliphatic rings. The Balaban J connectivity index is 1.61. The van der Waals surface area contributed by atoms with Gasteiger partial charge in [-0.25, -0.2) is 0 Å². The van der Waals surface area contributed by atoms with E-state index in [1.54, 1.807) is 0 Å². The Morgan fingerprint density at radius 3 is 2.75 bits per heavy atom. The van der Waals surface area contributed by atoms with Gasteiger partial charge < -0.3 is 9.32 Å². The van der Waals surface area contributed by atoms with E-state index >= 15 is 0 Å². The number of piperidine rings is 1. The quantitative estimate of drug-likeness (QED) is 0.791. The normalized spacial score (nSPS) is 18.0. The molecule has 1 amide bonds. The van der Waals surface area contributed by atoms with Gasteiger partial charge in [0.25, 0.3) is 5.22 Å². The molecule has 1 saturated heterocycles. The predicted molar refractivity (Wildman–Crippen MR) is 94.9 cm³/mol. The lowest BCUT2D eigenvalue weighted by atomic mass is 10.0. The minimum Gasteiger partial charge on any atom is -0.411 e. The zero-order valence-electron chi connectivity index (χ0n) is 14.4. The average molecular weight is 345 g/mol. The lowest BCUT2D eigenvalue weighted by Crippen LogP contribution is -2.40. The third-order valence-corrected chi connectivity index (χ3v) is 5.01. The van der Waals surface area contributed by atoms with Gasteiger partial charge in [-0.05, 0) is 44.7 Å². The van der Waals surface area contributed by atoms with E-state index in [1.807, 2.05) is 30.9 Å². The first kappa shape index (κ1) is 17.0. The van der Waals surface area contributed by atoms with E-state index in [0.29, 0.717) is 22.8 Å². The monoisotopic (exact) mass is 345 g/mol. The third kappa shape index (κ3) is 4.17. The molecule has 1 aromatic carbocycles. The summed E-state index contributed by atoms with van der Waals surface area (Å²) in [5, 5.41) is 8.62. The molecule has 0 aliphatic carbocycles. The molecule has 1 atom stereocenters. The Labute approximate surface area is 146 Å². The van der Waals surface area contributed by atoms with Crippen LogP contribution in [0.5, 0.6) is 0 Å². The minimum absolute atomic E-state index is 0.151. The molecule has 0 spiro atoms. The average Bonchev–Trinajstić information content (AvgIpc) is 3.00. The van der Waals surface area contributed by atoms with Gasteiger partial charge in [0.1, 0.15) is 0 Å². The van der Waals surface area contributed by atoms with Crippen LogP contribution in [0.25, 0.3) is 11.5 Å². The number of thioether (sulfide) groups is 1. The smallest absolute Gasteiger partial charge is 0.277 e. The van der Waals surface area contributed by atoms with Crippen LogP contribution in [-0.4, -0.2) is 39.8 Å². The topological polar surface area (TPSA) is 59.2 Å². The molecule has 3 rings (SSSR count). The van der Waals surface area contributed by atoms with Crippen LogP contribution >= 0.6 is 11.8 Å². The van der Waals surface area contributed by atoms with Crippen LogP contribution in [0.4, 0.5) is 0 Å². The molecule has 128 valence electrons. The van der Waals surface area contributed by atoms with E-state index in [2.05, 4.69) is 23.2 Å². The van der Waals surface area contributed by atoms with Crippen molar-refractivity contribution in [2.24, 2.45) is 5.92 Å². The number of carbonyl (C=O) groups excluding carboxylic acids is 1. The van der Waals surface area contributed by atoms with Crippen molar-refractivity contribution in [2.45, 2.75) is 38.8 Å². The highest BCUT2D eigenvalue weighted by atomic mass is 32.2. The molecule has 0 bridgehead atoms. The molecule has 2 aromatic rings. The van der Waals surface area contributed by atoms with Crippen molar-refractivity contribution < 1.29 is 9.21 Å². The fourth-order valence-electron chi connectivity index (χ4n) is 3.11. The van der Waals surface area contributed by atoms with Crippen molar-refractivity contribution >= 4 is 17.7 Å². The summed E-state index contributed by atoms with van der Waals surface area (Å²) < 4.78 is 5.71. The van der Waals surface area contributed by atoms with E-state index in [9.17, 15) is 4.79 Å². The molecule has 0 N–H and O–H groups in total. The second kappa shape index (κ2) is 7.38. The number of amides is 1. The number of rotatable bonds is 4. The predicted octanol–water partition coefficient (Wildman–Crippen LogP) is 3.70. The number of nitrogens with zero attached hydrogens (tertiary/aromatic N) is 3. The molecule has 1 fully saturated rings. The summed E-state index contributed by atoms with van der Waals surface area (Å²) >= 11 is 1.32. The minimum atomic E-state index is 0.151. The van der Waals surface area contributed by atoms with Crippen molar-refractivity contribution in [3.63, 3.8) is 0 Å². The number of likely N-dealkylation sites (tertiary alicyclic amines) is 1. The number of aromatic nitrogens is 2. The molecular weight excluding hydrogens is 322 g/mol. The van der Waals surface area contributed by atoms with E-state index in [-0.39, 0.29) is 5.91 Å². The Bertz CT molecular complexity index is 709. The second-order valence-corrected chi connectivity index (χ2v) is 7.55. The lowest BCUT2D eigenvalue weighted by molar-refractivity contribution is -0.130. The van der Waals surface area contributed by atoms with Gasteiger partial charge in [0.2, 0.25) is 11.8 Å². The molecule has 24 heavy (non-hydrogen) atoms. The summed E-state index contributed by atoms with van der Waals surface area (Å²) in [5.41, 5.74) is 3.24. The van der Waals surface area contributed by atoms with Crippen molar-refractivity contribution in [3.05, 3.63) is 29.3 Å². The molecule has 0 saturated carbocycles. The van der Waals surface area contributed by atoms with Gasteiger partial charge in [0, 0.05) is 18.7 Å². The summed E-state index contributed by atoms with van der Waals surface area (Å²) in [7, 11) is 0. The van der Waals surface area contributed by atoms with E-state index in [4.69, 9.17) is 4.42 Å². The summed E-state index contributed by atoms with van der Waals surface area (Å²) in [6.45, 7) is 8.00. The number of aryl methyl sites for hydroxylation is 2. The summed E-state index contributed by atoms with van der Waals surface area (Å²) in [6, 6.07) is 6.15. The van der Waals surface area contributed by atoms with Crippen LogP contribution < -0.4 is 0 Å². The van der Waals surface area contributed by atoms with Crippen molar-refractivity contribution in [2.75, 3.05) is 18.8 Å². The Morgan fingerprint density at radius 1 is 1.29 bits per heavy atom. The van der Waals surface area contributed by atoms with Crippen molar-refractivity contribution in [3.8, 4) is 11.5 Å². The summed E-state index contributed by atoms with van der Waals surface area (Å²) in [5.74, 6) is 1.59. The van der Waals surface area contributed by atoms with Crippen molar-refractivity contribution in [1.82, 2.24) is 15.1 Å². The fourth-order valence-corrected chi connectivity index (χ4v) is 3.78. The SMILES string of the molecule is Cc1cc(C)cc(-c2nnc(SCC(=O)N3CCC[C@@H](C)C3)o2)c1. The van der Waals surface area contributed by atoms with Gasteiger partial charge in [0.15, 0.2) is 0 Å². The molecular formula is C18H23N3O2S. The maximum atomic E-state index is 12.3. The van der Waals surface area contributed by atoms with E-state index < -0.39 is 0 Å². The number of carbonyl (C=O) groups is 1. The Morgan fingerprint density at radius 2 is 2.04 bits per heavy atom. The first-order valence-electron chi connectivity index (χ1n) is 8.34. The summed E-state index contributed by atoms with van der Waals surface area (Å²) in [6.07, 6.45) is 2.30. The summed E-state index contributed by atoms with van der Waals surface area (Å²) in [4.78, 5) is 14.2. The Kier molecular flexibility index (Phi) is 5.23. The molecule has 0 unspecified atom stereocenters. The maximum Gasteiger partial charge on any atom is 0.277 e. The van der Waals surface area contributed by atoms with Crippen molar-refractivity contribution in [1.29, 1.82) is 0 Å². The van der Waals surface area contributed by atoms with Gasteiger partial charge in [-0.1, -0.05) is 35.9 Å². The first-order chi connectivity index (χ1) is 11.5. The van der Waals surface area contributed by atoms with Gasteiger partial charge in [-0.2, -0.15) is 0 Å². The largest absolute Gasteiger partial charge is 0.411 e. The van der Waals surface area contributed by atoms with E-state index in [1.165, 1.54) is 18.2 Å². The van der Waals surface area contributed by atoms with Crippen LogP contribution in [-0.2, 0) is 4.79 Å². The molecule has 6 heteroatoms. The van der Waals surface area contributed by atoms with Crippen LogP contribution in [0.2, 0.25) is 0 Å². The van der Waals surface area contributed by atoms with Gasteiger partial charge in [-0.3, -0.25) is 4.79 Å². The molecule has 5 nitrogen and oxygen atoms in total. The molecule has 2 heterocycles. The van der Waals surface area contributed by atoms with Gasteiger partial charge in [-0.15, -0.1) is 10.2 Å². The first-order valence-corrected chi connectivity index (χ1v) is 9.32. The van der Waals surface area contributed by atoms with E-state index in [0.717, 1.165) is 36.2 Å². The van der Waals surface area contributed by atoms with Crippen LogP contribution in [0, 0.1) is 19.8 Å². The van der Waals surface area contributed by atoms with Crippen LogP contribution in [0.15, 0.2) is 27.8 Å². The zero-order valence-corrected chi connectivity index (χ0v) is 15.2. The standard InChI is InChI=1S/C18H23N3O2S/c1-12-5-4-6-21(10-12)16(22)11-24-18-20-19-17(23-18)15-8-13(2)7-14(3)9-15/h7-9,12H,4-6,10-11H2,1-3H3/t12-/m1/s1. The second-order valence-electron chi connectivity index (χ2n) is 6.63. The van der Waals surface area contributed by atoms with Gasteiger partial charge >= 0.3 is 0 Å². The fraction of sp³-hybridized carbons (Fsp3) is 0.500. The molecule has 0 radical (unpaired) electrons. The molecule has 1 aromatic heterocycles. The highest BCUT2D eigenvalue weighted by Gasteiger charge is 2.21. The van der Waals surface area contributed by atoms with Gasteiger partial charge in [0.05, 0.1) is 5.75 Å². The van der Waals surface area contributed by atoms with Crippen LogP contribution in [0.1, 0.15) is 30.9 Å².